The molecule has 1 saturated heterocycles. The standard InChI is InChI=1S/C12H23NOS2/c1-2-3-4-5-8-11-16-12(15)13-9-6-7-10-14-13/h2-11H2,1H3. The summed E-state index contributed by atoms with van der Waals surface area (Å²) in [6.45, 7) is 4.05. The fraction of sp³-hybridized carbons (Fsp3) is 0.917. The molecule has 1 heterocycles. The van der Waals surface area contributed by atoms with Crippen LogP contribution in [-0.4, -0.2) is 28.3 Å². The van der Waals surface area contributed by atoms with Gasteiger partial charge >= 0.3 is 0 Å². The van der Waals surface area contributed by atoms with Gasteiger partial charge in [0.25, 0.3) is 0 Å². The van der Waals surface area contributed by atoms with Gasteiger partial charge in [0.1, 0.15) is 0 Å². The van der Waals surface area contributed by atoms with Crippen LogP contribution in [0, 0.1) is 0 Å². The van der Waals surface area contributed by atoms with Crippen LogP contribution in [0.3, 0.4) is 0 Å². The van der Waals surface area contributed by atoms with E-state index in [0.717, 1.165) is 23.2 Å². The highest BCUT2D eigenvalue weighted by atomic mass is 32.2. The van der Waals surface area contributed by atoms with Crippen LogP contribution in [0.25, 0.3) is 0 Å². The second-order valence-electron chi connectivity index (χ2n) is 4.17. The van der Waals surface area contributed by atoms with Crippen LogP contribution in [-0.2, 0) is 4.84 Å². The number of unbranched alkanes of at least 4 members (excludes halogenated alkanes) is 4. The summed E-state index contributed by atoms with van der Waals surface area (Å²) in [5, 5.41) is 1.90. The average molecular weight is 261 g/mol. The van der Waals surface area contributed by atoms with E-state index >= 15 is 0 Å². The van der Waals surface area contributed by atoms with Crippen LogP contribution in [0.1, 0.15) is 51.9 Å². The molecule has 94 valence electrons. The molecule has 0 unspecified atom stereocenters. The fourth-order valence-corrected chi connectivity index (χ4v) is 2.88. The molecule has 0 atom stereocenters. The van der Waals surface area contributed by atoms with Gasteiger partial charge in [-0.3, -0.25) is 4.84 Å². The Morgan fingerprint density at radius 1 is 1.25 bits per heavy atom. The summed E-state index contributed by atoms with van der Waals surface area (Å²) in [6.07, 6.45) is 9.03. The molecular formula is C12H23NOS2. The summed E-state index contributed by atoms with van der Waals surface area (Å²) in [5.74, 6) is 1.14. The van der Waals surface area contributed by atoms with Gasteiger partial charge in [-0.25, -0.2) is 5.06 Å². The molecule has 0 bridgehead atoms. The third kappa shape index (κ3) is 6.06. The van der Waals surface area contributed by atoms with Gasteiger partial charge < -0.3 is 0 Å². The molecule has 0 aromatic rings. The van der Waals surface area contributed by atoms with E-state index in [1.165, 1.54) is 44.9 Å². The van der Waals surface area contributed by atoms with Crippen molar-refractivity contribution in [1.82, 2.24) is 5.06 Å². The van der Waals surface area contributed by atoms with Crippen molar-refractivity contribution in [1.29, 1.82) is 0 Å². The number of hydrogen-bond donors (Lipinski definition) is 0. The molecule has 1 aliphatic rings. The number of rotatable bonds is 6. The van der Waals surface area contributed by atoms with Crippen molar-refractivity contribution >= 4 is 28.3 Å². The van der Waals surface area contributed by atoms with E-state index in [-0.39, 0.29) is 0 Å². The Morgan fingerprint density at radius 3 is 2.75 bits per heavy atom. The Hall–Kier alpha value is 0.200. The molecule has 0 radical (unpaired) electrons. The van der Waals surface area contributed by atoms with Crippen LogP contribution in [0.15, 0.2) is 0 Å². The monoisotopic (exact) mass is 261 g/mol. The minimum atomic E-state index is 0.831. The highest BCUT2D eigenvalue weighted by Gasteiger charge is 2.14. The largest absolute Gasteiger partial charge is 0.272 e. The molecule has 16 heavy (non-hydrogen) atoms. The molecule has 1 fully saturated rings. The number of hydrogen-bond acceptors (Lipinski definition) is 3. The average Bonchev–Trinajstić information content (AvgIpc) is 2.34. The molecule has 1 rings (SSSR count). The van der Waals surface area contributed by atoms with E-state index in [9.17, 15) is 0 Å². The molecule has 0 amide bonds. The zero-order chi connectivity index (χ0) is 11.6. The molecule has 0 N–H and O–H groups in total. The number of thioether (sulfide) groups is 1. The van der Waals surface area contributed by atoms with E-state index in [0.29, 0.717) is 0 Å². The lowest BCUT2D eigenvalue weighted by Gasteiger charge is -2.27. The zero-order valence-electron chi connectivity index (χ0n) is 10.2. The summed E-state index contributed by atoms with van der Waals surface area (Å²) in [7, 11) is 0. The first-order valence-corrected chi connectivity index (χ1v) is 7.81. The van der Waals surface area contributed by atoms with Crippen molar-refractivity contribution in [2.75, 3.05) is 18.9 Å². The van der Waals surface area contributed by atoms with Crippen LogP contribution < -0.4 is 0 Å². The highest BCUT2D eigenvalue weighted by Crippen LogP contribution is 2.16. The predicted octanol–water partition coefficient (Wildman–Crippen LogP) is 4.00. The van der Waals surface area contributed by atoms with Gasteiger partial charge in [-0.15, -0.1) is 0 Å². The van der Waals surface area contributed by atoms with Crippen molar-refractivity contribution in [2.24, 2.45) is 0 Å². The van der Waals surface area contributed by atoms with Gasteiger partial charge in [0.15, 0.2) is 4.32 Å². The second-order valence-corrected chi connectivity index (χ2v) is 5.90. The SMILES string of the molecule is CCCCCCCSC(=S)N1CCCCO1. The molecule has 2 nitrogen and oxygen atoms in total. The van der Waals surface area contributed by atoms with Crippen LogP contribution in [0.4, 0.5) is 0 Å². The van der Waals surface area contributed by atoms with E-state index in [2.05, 4.69) is 6.92 Å². The molecule has 0 aromatic carbocycles. The molecule has 1 aliphatic heterocycles. The van der Waals surface area contributed by atoms with Gasteiger partial charge in [0.05, 0.1) is 6.61 Å². The third-order valence-electron chi connectivity index (χ3n) is 2.68. The van der Waals surface area contributed by atoms with E-state index < -0.39 is 0 Å². The quantitative estimate of drug-likeness (QED) is 0.529. The first-order chi connectivity index (χ1) is 7.84. The first-order valence-electron chi connectivity index (χ1n) is 6.42. The highest BCUT2D eigenvalue weighted by molar-refractivity contribution is 8.22. The normalized spacial score (nSPS) is 16.4. The van der Waals surface area contributed by atoms with Crippen LogP contribution in [0.5, 0.6) is 0 Å². The second kappa shape index (κ2) is 9.25. The first kappa shape index (κ1) is 14.3. The Morgan fingerprint density at radius 2 is 2.06 bits per heavy atom. The van der Waals surface area contributed by atoms with Crippen molar-refractivity contribution in [3.63, 3.8) is 0 Å². The summed E-state index contributed by atoms with van der Waals surface area (Å²) < 4.78 is 0.926. The molecule has 0 saturated carbocycles. The zero-order valence-corrected chi connectivity index (χ0v) is 11.9. The van der Waals surface area contributed by atoms with Gasteiger partial charge in [0, 0.05) is 12.3 Å². The van der Waals surface area contributed by atoms with Gasteiger partial charge in [-0.2, -0.15) is 0 Å². The smallest absolute Gasteiger partial charge is 0.160 e. The molecule has 0 aliphatic carbocycles. The van der Waals surface area contributed by atoms with Crippen molar-refractivity contribution in [3.05, 3.63) is 0 Å². The van der Waals surface area contributed by atoms with E-state index in [4.69, 9.17) is 17.1 Å². The summed E-state index contributed by atoms with van der Waals surface area (Å²) in [5.41, 5.74) is 0. The predicted molar refractivity (Wildman–Crippen MR) is 75.7 cm³/mol. The van der Waals surface area contributed by atoms with E-state index in [1.807, 2.05) is 5.06 Å². The minimum Gasteiger partial charge on any atom is -0.272 e. The maximum Gasteiger partial charge on any atom is 0.160 e. The van der Waals surface area contributed by atoms with Gasteiger partial charge in [-0.05, 0) is 19.3 Å². The topological polar surface area (TPSA) is 12.5 Å². The molecule has 0 spiro atoms. The number of thiocarbonyl (C=S) groups is 1. The molecule has 0 aromatic heterocycles. The third-order valence-corrected chi connectivity index (χ3v) is 4.18. The van der Waals surface area contributed by atoms with Crippen LogP contribution in [0.2, 0.25) is 0 Å². The van der Waals surface area contributed by atoms with Crippen LogP contribution >= 0.6 is 24.0 Å². The number of hydroxylamine groups is 2. The maximum atomic E-state index is 5.51. The Kier molecular flexibility index (Phi) is 8.25. The lowest BCUT2D eigenvalue weighted by molar-refractivity contribution is -0.118. The maximum absolute atomic E-state index is 5.51. The lowest BCUT2D eigenvalue weighted by Crippen LogP contribution is -2.33. The molecule has 4 heteroatoms. The van der Waals surface area contributed by atoms with E-state index in [1.54, 1.807) is 11.8 Å². The van der Waals surface area contributed by atoms with Crippen molar-refractivity contribution < 1.29 is 4.84 Å². The summed E-state index contributed by atoms with van der Waals surface area (Å²) in [4.78, 5) is 5.51. The molecular weight excluding hydrogens is 238 g/mol. The summed E-state index contributed by atoms with van der Waals surface area (Å²) >= 11 is 7.11. The van der Waals surface area contributed by atoms with Crippen molar-refractivity contribution in [2.45, 2.75) is 51.9 Å². The van der Waals surface area contributed by atoms with Crippen molar-refractivity contribution in [3.8, 4) is 0 Å². The fourth-order valence-electron chi connectivity index (χ4n) is 1.68. The Balaban J connectivity index is 1.97. The number of nitrogens with zero attached hydrogens (tertiary/aromatic N) is 1. The Labute approximate surface area is 109 Å². The van der Waals surface area contributed by atoms with Gasteiger partial charge in [-0.1, -0.05) is 56.6 Å². The Bertz CT molecular complexity index is 193. The minimum absolute atomic E-state index is 0.831. The van der Waals surface area contributed by atoms with Gasteiger partial charge in [0.2, 0.25) is 0 Å². The lowest BCUT2D eigenvalue weighted by atomic mass is 10.2. The summed E-state index contributed by atoms with van der Waals surface area (Å²) in [6, 6.07) is 0.